The van der Waals surface area contributed by atoms with Gasteiger partial charge in [-0.3, -0.25) is 13.9 Å². The first-order chi connectivity index (χ1) is 12.5. The van der Waals surface area contributed by atoms with E-state index in [1.54, 1.807) is 18.4 Å². The summed E-state index contributed by atoms with van der Waals surface area (Å²) in [5.41, 5.74) is 0.0918. The fourth-order valence-corrected chi connectivity index (χ4v) is 4.60. The van der Waals surface area contributed by atoms with Crippen LogP contribution in [0.15, 0.2) is 38.3 Å². The summed E-state index contributed by atoms with van der Waals surface area (Å²) in [6, 6.07) is 6.14. The quantitative estimate of drug-likeness (QED) is 0.603. The lowest BCUT2D eigenvalue weighted by molar-refractivity contribution is 0.633. The van der Waals surface area contributed by atoms with E-state index < -0.39 is 0 Å². The molecule has 1 aliphatic carbocycles. The highest BCUT2D eigenvalue weighted by atomic mass is 32.2. The van der Waals surface area contributed by atoms with Gasteiger partial charge in [0.15, 0.2) is 5.16 Å². The average molecular weight is 390 g/mol. The zero-order chi connectivity index (χ0) is 18.3. The maximum atomic E-state index is 12.1. The van der Waals surface area contributed by atoms with Crippen molar-refractivity contribution in [3.05, 3.63) is 60.8 Å². The van der Waals surface area contributed by atoms with Crippen molar-refractivity contribution in [3.63, 3.8) is 0 Å². The molecule has 7 nitrogen and oxygen atoms in total. The van der Waals surface area contributed by atoms with Gasteiger partial charge in [-0.25, -0.2) is 4.79 Å². The molecule has 0 atom stereocenters. The molecule has 0 amide bonds. The van der Waals surface area contributed by atoms with E-state index in [1.165, 1.54) is 34.3 Å². The molecular formula is C17H19N5O2S2. The Bertz CT molecular complexity index is 1040. The molecule has 1 fully saturated rings. The number of hydrogen-bond acceptors (Lipinski definition) is 6. The second kappa shape index (κ2) is 6.88. The van der Waals surface area contributed by atoms with Crippen LogP contribution in [0.25, 0.3) is 0 Å². The van der Waals surface area contributed by atoms with Gasteiger partial charge in [0.05, 0.1) is 0 Å². The second-order valence-corrected chi connectivity index (χ2v) is 8.39. The van der Waals surface area contributed by atoms with Crippen molar-refractivity contribution in [2.45, 2.75) is 36.2 Å². The van der Waals surface area contributed by atoms with E-state index in [-0.39, 0.29) is 11.2 Å². The van der Waals surface area contributed by atoms with Gasteiger partial charge in [-0.2, -0.15) is 0 Å². The molecule has 9 heteroatoms. The van der Waals surface area contributed by atoms with Crippen LogP contribution in [0.1, 0.15) is 35.3 Å². The Morgan fingerprint density at radius 3 is 2.73 bits per heavy atom. The molecule has 0 unspecified atom stereocenters. The molecule has 0 aliphatic heterocycles. The summed E-state index contributed by atoms with van der Waals surface area (Å²) >= 11 is 3.25. The zero-order valence-corrected chi connectivity index (χ0v) is 16.2. The molecular weight excluding hydrogens is 370 g/mol. The molecule has 3 aromatic heterocycles. The highest BCUT2D eigenvalue weighted by molar-refractivity contribution is 7.98. The predicted molar refractivity (Wildman–Crippen MR) is 102 cm³/mol. The van der Waals surface area contributed by atoms with Crippen molar-refractivity contribution >= 4 is 23.1 Å². The molecule has 1 aliphatic rings. The van der Waals surface area contributed by atoms with Crippen molar-refractivity contribution in [3.8, 4) is 0 Å². The lowest BCUT2D eigenvalue weighted by Gasteiger charge is -2.10. The number of hydrogen-bond donors (Lipinski definition) is 0. The maximum Gasteiger partial charge on any atom is 0.330 e. The minimum absolute atomic E-state index is 0.286. The number of rotatable bonds is 6. The Labute approximate surface area is 158 Å². The van der Waals surface area contributed by atoms with Crippen LogP contribution >= 0.6 is 23.1 Å². The monoisotopic (exact) mass is 389 g/mol. The molecule has 136 valence electrons. The Morgan fingerprint density at radius 2 is 2.04 bits per heavy atom. The molecule has 4 rings (SSSR count). The van der Waals surface area contributed by atoms with Crippen LogP contribution in [0, 0.1) is 0 Å². The second-order valence-electron chi connectivity index (χ2n) is 6.42. The van der Waals surface area contributed by atoms with Gasteiger partial charge in [-0.1, -0.05) is 17.8 Å². The van der Waals surface area contributed by atoms with E-state index in [1.807, 2.05) is 6.07 Å². The van der Waals surface area contributed by atoms with Gasteiger partial charge in [0, 0.05) is 48.9 Å². The lowest BCUT2D eigenvalue weighted by atomic mass is 10.3. The fourth-order valence-electron chi connectivity index (χ4n) is 2.85. The molecule has 26 heavy (non-hydrogen) atoms. The predicted octanol–water partition coefficient (Wildman–Crippen LogP) is 1.95. The summed E-state index contributed by atoms with van der Waals surface area (Å²) in [6.07, 6.45) is 3.08. The van der Waals surface area contributed by atoms with E-state index in [9.17, 15) is 9.59 Å². The maximum absolute atomic E-state index is 12.1. The van der Waals surface area contributed by atoms with E-state index in [0.29, 0.717) is 17.5 Å². The van der Waals surface area contributed by atoms with Gasteiger partial charge in [0.25, 0.3) is 5.56 Å². The topological polar surface area (TPSA) is 74.7 Å². The molecule has 1 saturated carbocycles. The summed E-state index contributed by atoms with van der Waals surface area (Å²) in [5, 5.41) is 11.7. The third kappa shape index (κ3) is 3.28. The highest BCUT2D eigenvalue weighted by Gasteiger charge is 2.29. The minimum Gasteiger partial charge on any atom is -0.303 e. The molecule has 0 spiro atoms. The smallest absolute Gasteiger partial charge is 0.303 e. The fraction of sp³-hybridized carbons (Fsp3) is 0.412. The molecule has 0 saturated heterocycles. The molecule has 3 aromatic rings. The largest absolute Gasteiger partial charge is 0.330 e. The van der Waals surface area contributed by atoms with E-state index in [0.717, 1.165) is 34.8 Å². The minimum atomic E-state index is -0.310. The Morgan fingerprint density at radius 1 is 1.23 bits per heavy atom. The van der Waals surface area contributed by atoms with Crippen LogP contribution < -0.4 is 11.2 Å². The summed E-state index contributed by atoms with van der Waals surface area (Å²) < 4.78 is 4.85. The van der Waals surface area contributed by atoms with Crippen molar-refractivity contribution in [1.82, 2.24) is 23.9 Å². The van der Waals surface area contributed by atoms with Crippen molar-refractivity contribution in [2.75, 3.05) is 0 Å². The Balaban J connectivity index is 1.59. The van der Waals surface area contributed by atoms with Crippen molar-refractivity contribution in [1.29, 1.82) is 0 Å². The van der Waals surface area contributed by atoms with Crippen molar-refractivity contribution < 1.29 is 0 Å². The normalized spacial score (nSPS) is 14.1. The number of thioether (sulfide) groups is 1. The summed E-state index contributed by atoms with van der Waals surface area (Å²) in [4.78, 5) is 25.2. The van der Waals surface area contributed by atoms with Gasteiger partial charge < -0.3 is 4.57 Å². The van der Waals surface area contributed by atoms with E-state index in [4.69, 9.17) is 0 Å². The van der Waals surface area contributed by atoms with Crippen LogP contribution in [0.2, 0.25) is 0 Å². The van der Waals surface area contributed by atoms with Crippen LogP contribution in [0.3, 0.4) is 0 Å². The third-order valence-corrected chi connectivity index (χ3v) is 6.39. The number of aromatic nitrogens is 5. The average Bonchev–Trinajstić information content (AvgIpc) is 3.18. The highest BCUT2D eigenvalue weighted by Crippen LogP contribution is 2.39. The molecule has 0 N–H and O–H groups in total. The molecule has 0 bridgehead atoms. The van der Waals surface area contributed by atoms with E-state index >= 15 is 0 Å². The van der Waals surface area contributed by atoms with E-state index in [2.05, 4.69) is 26.2 Å². The third-order valence-electron chi connectivity index (χ3n) is 4.53. The van der Waals surface area contributed by atoms with Gasteiger partial charge in [0.1, 0.15) is 5.82 Å². The Hall–Kier alpha value is -2.13. The Kier molecular flexibility index (Phi) is 4.58. The summed E-state index contributed by atoms with van der Waals surface area (Å²) in [5.74, 6) is 1.49. The zero-order valence-electron chi connectivity index (χ0n) is 14.6. The van der Waals surface area contributed by atoms with Crippen LogP contribution in [-0.4, -0.2) is 23.9 Å². The first kappa shape index (κ1) is 17.3. The first-order valence-electron chi connectivity index (χ1n) is 8.39. The standard InChI is InChI=1S/C17H19N5O2S2/c1-20-12(8-15(23)21(2)17(20)24)10-26-16-19-18-14(22(16)11-5-6-11)9-13-4-3-7-25-13/h3-4,7-8,11H,5-6,9-10H2,1-2H3. The van der Waals surface area contributed by atoms with Crippen LogP contribution in [-0.2, 0) is 26.3 Å². The van der Waals surface area contributed by atoms with Gasteiger partial charge in [0.2, 0.25) is 0 Å². The van der Waals surface area contributed by atoms with Gasteiger partial charge >= 0.3 is 5.69 Å². The number of nitrogens with zero attached hydrogens (tertiary/aromatic N) is 5. The first-order valence-corrected chi connectivity index (χ1v) is 10.3. The van der Waals surface area contributed by atoms with Crippen LogP contribution in [0.4, 0.5) is 0 Å². The lowest BCUT2D eigenvalue weighted by Crippen LogP contribution is -2.37. The SMILES string of the molecule is Cn1c(CSc2nnc(Cc3cccs3)n2C2CC2)cc(=O)n(C)c1=O. The number of thiophene rings is 1. The van der Waals surface area contributed by atoms with Crippen molar-refractivity contribution in [2.24, 2.45) is 14.1 Å². The molecule has 3 heterocycles. The summed E-state index contributed by atoms with van der Waals surface area (Å²) in [6.45, 7) is 0. The molecule has 0 aromatic carbocycles. The summed E-state index contributed by atoms with van der Waals surface area (Å²) in [7, 11) is 3.17. The molecule has 0 radical (unpaired) electrons. The van der Waals surface area contributed by atoms with Gasteiger partial charge in [-0.15, -0.1) is 21.5 Å². The van der Waals surface area contributed by atoms with Crippen LogP contribution in [0.5, 0.6) is 0 Å². The van der Waals surface area contributed by atoms with Gasteiger partial charge in [-0.05, 0) is 24.3 Å².